The van der Waals surface area contributed by atoms with E-state index in [2.05, 4.69) is 10.5 Å². The number of carbonyl (C=O) groups excluding carboxylic acids is 1. The Morgan fingerprint density at radius 2 is 1.55 bits per heavy atom. The monoisotopic (exact) mass is 467 g/mol. The zero-order valence-corrected chi connectivity index (χ0v) is 19.8. The summed E-state index contributed by atoms with van der Waals surface area (Å²) in [5.41, 5.74) is 6.55. The molecule has 1 N–H and O–H groups in total. The van der Waals surface area contributed by atoms with Crippen molar-refractivity contribution in [2.45, 2.75) is 32.6 Å². The molecule has 0 spiro atoms. The number of benzene rings is 3. The third kappa shape index (κ3) is 5.84. The quantitative estimate of drug-likeness (QED) is 0.411. The lowest BCUT2D eigenvalue weighted by atomic mass is 10.1. The van der Waals surface area contributed by atoms with E-state index in [1.165, 1.54) is 24.3 Å². The Balaban J connectivity index is 1.91. The molecule has 1 amide bonds. The molecule has 0 heterocycles. The van der Waals surface area contributed by atoms with Gasteiger partial charge in [-0.2, -0.15) is 5.10 Å². The van der Waals surface area contributed by atoms with Crippen LogP contribution in [0.1, 0.15) is 29.2 Å². The van der Waals surface area contributed by atoms with Gasteiger partial charge in [0, 0.05) is 0 Å². The lowest BCUT2D eigenvalue weighted by molar-refractivity contribution is -0.119. The van der Waals surface area contributed by atoms with Crippen LogP contribution in [0.2, 0.25) is 0 Å². The highest BCUT2D eigenvalue weighted by molar-refractivity contribution is 7.92. The topological polar surface area (TPSA) is 78.8 Å². The van der Waals surface area contributed by atoms with E-state index < -0.39 is 22.5 Å². The molecule has 0 saturated carbocycles. The molecule has 3 aromatic rings. The van der Waals surface area contributed by atoms with Gasteiger partial charge in [0.25, 0.3) is 15.9 Å². The maximum atomic E-state index is 13.5. The van der Waals surface area contributed by atoms with Gasteiger partial charge < -0.3 is 0 Å². The average Bonchev–Trinajstić information content (AvgIpc) is 2.77. The first-order valence-electron chi connectivity index (χ1n) is 10.3. The number of hydrogen-bond acceptors (Lipinski definition) is 4. The Labute approximate surface area is 193 Å². The molecule has 172 valence electrons. The summed E-state index contributed by atoms with van der Waals surface area (Å²) in [4.78, 5) is 12.8. The Bertz CT molecular complexity index is 1290. The minimum absolute atomic E-state index is 0.0897. The van der Waals surface area contributed by atoms with E-state index in [0.29, 0.717) is 17.0 Å². The normalized spacial score (nSPS) is 11.8. The van der Waals surface area contributed by atoms with Gasteiger partial charge in [-0.15, -0.1) is 0 Å². The largest absolute Gasteiger partial charge is 0.271 e. The number of hydrogen-bond donors (Lipinski definition) is 1. The summed E-state index contributed by atoms with van der Waals surface area (Å²) in [7, 11) is -4.01. The van der Waals surface area contributed by atoms with Gasteiger partial charge in [0.15, 0.2) is 0 Å². The molecule has 6 nitrogen and oxygen atoms in total. The number of aryl methyl sites for hydroxylation is 3. The lowest BCUT2D eigenvalue weighted by Gasteiger charge is -2.25. The number of rotatable bonds is 7. The fourth-order valence-corrected chi connectivity index (χ4v) is 4.78. The van der Waals surface area contributed by atoms with Crippen molar-refractivity contribution in [2.75, 3.05) is 10.8 Å². The van der Waals surface area contributed by atoms with Crippen molar-refractivity contribution >= 4 is 27.3 Å². The molecule has 0 aliphatic heterocycles. The maximum Gasteiger partial charge on any atom is 0.264 e. The molecular formula is C25H26FN3O3S. The fraction of sp³-hybridized carbons (Fsp3) is 0.200. The van der Waals surface area contributed by atoms with Crippen molar-refractivity contribution in [3.63, 3.8) is 0 Å². The molecule has 33 heavy (non-hydrogen) atoms. The van der Waals surface area contributed by atoms with E-state index in [-0.39, 0.29) is 10.7 Å². The molecule has 0 bridgehead atoms. The van der Waals surface area contributed by atoms with Gasteiger partial charge in [0.05, 0.1) is 16.3 Å². The molecule has 0 aliphatic rings. The second-order valence-electron chi connectivity index (χ2n) is 7.85. The smallest absolute Gasteiger partial charge is 0.264 e. The van der Waals surface area contributed by atoms with E-state index in [4.69, 9.17) is 0 Å². The molecular weight excluding hydrogens is 441 g/mol. The highest BCUT2D eigenvalue weighted by Crippen LogP contribution is 2.27. The van der Waals surface area contributed by atoms with Gasteiger partial charge in [0.1, 0.15) is 12.4 Å². The standard InChI is InChI=1S/C25H26FN3O3S/c1-17-5-12-23(13-6-17)33(31,32)29(24-14-7-18(2)15-19(24)3)16-25(30)28-27-20(4)21-8-10-22(26)11-9-21/h5-15H,16H2,1-4H3,(H,28,30)/b27-20-. The fourth-order valence-electron chi connectivity index (χ4n) is 3.29. The van der Waals surface area contributed by atoms with Crippen LogP contribution in [0.5, 0.6) is 0 Å². The van der Waals surface area contributed by atoms with Crippen LogP contribution in [0.15, 0.2) is 76.7 Å². The molecule has 8 heteroatoms. The molecule has 0 unspecified atom stereocenters. The second kappa shape index (κ2) is 9.95. The third-order valence-corrected chi connectivity index (χ3v) is 6.90. The van der Waals surface area contributed by atoms with E-state index in [0.717, 1.165) is 21.0 Å². The Morgan fingerprint density at radius 1 is 0.939 bits per heavy atom. The number of nitrogens with one attached hydrogen (secondary N) is 1. The number of carbonyl (C=O) groups is 1. The number of nitrogens with zero attached hydrogens (tertiary/aromatic N) is 2. The molecule has 0 radical (unpaired) electrons. The van der Waals surface area contributed by atoms with Crippen LogP contribution in [0, 0.1) is 26.6 Å². The van der Waals surface area contributed by atoms with Crippen LogP contribution in [-0.4, -0.2) is 26.6 Å². The van der Waals surface area contributed by atoms with Gasteiger partial charge in [-0.05, 0) is 69.2 Å². The van der Waals surface area contributed by atoms with E-state index in [9.17, 15) is 17.6 Å². The predicted octanol–water partition coefficient (Wildman–Crippen LogP) is 4.49. The molecule has 3 aromatic carbocycles. The van der Waals surface area contributed by atoms with Crippen molar-refractivity contribution < 1.29 is 17.6 Å². The first kappa shape index (κ1) is 24.1. The maximum absolute atomic E-state index is 13.5. The lowest BCUT2D eigenvalue weighted by Crippen LogP contribution is -2.40. The molecule has 3 rings (SSSR count). The van der Waals surface area contributed by atoms with E-state index in [1.54, 1.807) is 50.2 Å². The van der Waals surface area contributed by atoms with Crippen LogP contribution in [-0.2, 0) is 14.8 Å². The van der Waals surface area contributed by atoms with Crippen molar-refractivity contribution in [3.8, 4) is 0 Å². The summed E-state index contributed by atoms with van der Waals surface area (Å²) in [5.74, 6) is -0.979. The van der Waals surface area contributed by atoms with Crippen molar-refractivity contribution in [3.05, 3.63) is 94.8 Å². The van der Waals surface area contributed by atoms with Gasteiger partial charge >= 0.3 is 0 Å². The van der Waals surface area contributed by atoms with Crippen molar-refractivity contribution in [1.29, 1.82) is 0 Å². The highest BCUT2D eigenvalue weighted by atomic mass is 32.2. The molecule has 0 aromatic heterocycles. The van der Waals surface area contributed by atoms with E-state index >= 15 is 0 Å². The third-order valence-electron chi connectivity index (χ3n) is 5.13. The number of anilines is 1. The second-order valence-corrected chi connectivity index (χ2v) is 9.72. The van der Waals surface area contributed by atoms with Gasteiger partial charge in [0.2, 0.25) is 0 Å². The van der Waals surface area contributed by atoms with Gasteiger partial charge in [-0.3, -0.25) is 9.10 Å². The van der Waals surface area contributed by atoms with Crippen LogP contribution in [0.4, 0.5) is 10.1 Å². The van der Waals surface area contributed by atoms with Gasteiger partial charge in [-0.1, -0.05) is 47.5 Å². The number of amides is 1. The summed E-state index contributed by atoms with van der Waals surface area (Å²) in [6.07, 6.45) is 0. The van der Waals surface area contributed by atoms with E-state index in [1.807, 2.05) is 19.9 Å². The summed E-state index contributed by atoms with van der Waals surface area (Å²) in [5, 5.41) is 4.05. The van der Waals surface area contributed by atoms with Crippen molar-refractivity contribution in [1.82, 2.24) is 5.43 Å². The predicted molar refractivity (Wildman–Crippen MR) is 128 cm³/mol. The molecule has 0 aliphatic carbocycles. The minimum atomic E-state index is -4.01. The first-order valence-corrected chi connectivity index (χ1v) is 11.8. The van der Waals surface area contributed by atoms with Crippen molar-refractivity contribution in [2.24, 2.45) is 5.10 Å². The molecule has 0 fully saturated rings. The first-order chi connectivity index (χ1) is 15.6. The number of hydrazone groups is 1. The molecule has 0 atom stereocenters. The number of halogens is 1. The minimum Gasteiger partial charge on any atom is -0.271 e. The zero-order chi connectivity index (χ0) is 24.2. The Hall–Kier alpha value is -3.52. The van der Waals surface area contributed by atoms with Crippen LogP contribution < -0.4 is 9.73 Å². The Kier molecular flexibility index (Phi) is 7.28. The van der Waals surface area contributed by atoms with Crippen LogP contribution in [0.3, 0.4) is 0 Å². The summed E-state index contributed by atoms with van der Waals surface area (Å²) >= 11 is 0. The summed E-state index contributed by atoms with van der Waals surface area (Å²) in [6.45, 7) is 6.79. The summed E-state index contributed by atoms with van der Waals surface area (Å²) < 4.78 is 41.2. The average molecular weight is 468 g/mol. The zero-order valence-electron chi connectivity index (χ0n) is 19.0. The van der Waals surface area contributed by atoms with Gasteiger partial charge in [-0.25, -0.2) is 18.2 Å². The summed E-state index contributed by atoms with van der Waals surface area (Å²) in [6, 6.07) is 17.5. The number of sulfonamides is 1. The molecule has 0 saturated heterocycles. The Morgan fingerprint density at radius 3 is 2.15 bits per heavy atom. The van der Waals surface area contributed by atoms with Crippen LogP contribution in [0.25, 0.3) is 0 Å². The SMILES string of the molecule is C/C(=N/NC(=O)CN(c1ccc(C)cc1C)S(=O)(=O)c1ccc(C)cc1)c1ccc(F)cc1. The van der Waals surface area contributed by atoms with Crippen LogP contribution >= 0.6 is 0 Å². The highest BCUT2D eigenvalue weighted by Gasteiger charge is 2.28.